The van der Waals surface area contributed by atoms with Gasteiger partial charge in [-0.25, -0.2) is 4.39 Å². The summed E-state index contributed by atoms with van der Waals surface area (Å²) < 4.78 is 50.7. The van der Waals surface area contributed by atoms with E-state index in [9.17, 15) is 22.4 Å². The van der Waals surface area contributed by atoms with Gasteiger partial charge in [-0.3, -0.25) is 4.79 Å². The highest BCUT2D eigenvalue weighted by Gasteiger charge is 2.34. The smallest absolute Gasteiger partial charge is 0.330 e. The number of carbonyl (C=O) groups is 1. The first-order chi connectivity index (χ1) is 9.16. The zero-order chi connectivity index (χ0) is 15.5. The van der Waals surface area contributed by atoms with Crippen molar-refractivity contribution >= 4 is 5.78 Å². The maximum Gasteiger partial charge on any atom is 0.419 e. The molecule has 112 valence electrons. The second-order valence-corrected chi connectivity index (χ2v) is 5.12. The Labute approximate surface area is 115 Å². The van der Waals surface area contributed by atoms with E-state index in [1.54, 1.807) is 0 Å². The van der Waals surface area contributed by atoms with Crippen molar-refractivity contribution in [2.45, 2.75) is 26.4 Å². The van der Waals surface area contributed by atoms with Crippen LogP contribution in [-0.4, -0.2) is 12.3 Å². The SMILES string of the molecule is CC(C)CC(CN)C(=O)c1ccc(C(F)(F)F)c(F)c1. The summed E-state index contributed by atoms with van der Waals surface area (Å²) in [6.07, 6.45) is -4.26. The summed E-state index contributed by atoms with van der Waals surface area (Å²) in [5.41, 5.74) is 4.05. The first-order valence-corrected chi connectivity index (χ1v) is 6.27. The van der Waals surface area contributed by atoms with Gasteiger partial charge in [-0.15, -0.1) is 0 Å². The van der Waals surface area contributed by atoms with Gasteiger partial charge in [0.05, 0.1) is 5.56 Å². The van der Waals surface area contributed by atoms with E-state index >= 15 is 0 Å². The first kappa shape index (κ1) is 16.6. The molecule has 0 spiro atoms. The maximum absolute atomic E-state index is 13.4. The average molecular weight is 291 g/mol. The molecule has 1 unspecified atom stereocenters. The van der Waals surface area contributed by atoms with E-state index in [1.807, 2.05) is 13.8 Å². The van der Waals surface area contributed by atoms with Crippen LogP contribution in [0.15, 0.2) is 18.2 Å². The molecule has 0 fully saturated rings. The molecule has 0 saturated heterocycles. The highest BCUT2D eigenvalue weighted by molar-refractivity contribution is 5.98. The van der Waals surface area contributed by atoms with Crippen LogP contribution in [0, 0.1) is 17.7 Å². The average Bonchev–Trinajstić information content (AvgIpc) is 2.33. The molecule has 0 saturated carbocycles. The van der Waals surface area contributed by atoms with Crippen LogP contribution in [0.25, 0.3) is 0 Å². The van der Waals surface area contributed by atoms with Gasteiger partial charge >= 0.3 is 6.18 Å². The topological polar surface area (TPSA) is 43.1 Å². The lowest BCUT2D eigenvalue weighted by Gasteiger charge is -2.16. The van der Waals surface area contributed by atoms with Crippen LogP contribution in [0.2, 0.25) is 0 Å². The van der Waals surface area contributed by atoms with Crippen LogP contribution in [0.5, 0.6) is 0 Å². The van der Waals surface area contributed by atoms with E-state index in [0.29, 0.717) is 18.6 Å². The number of halogens is 4. The summed E-state index contributed by atoms with van der Waals surface area (Å²) >= 11 is 0. The molecule has 0 bridgehead atoms. The number of carbonyl (C=O) groups excluding carboxylic acids is 1. The Kier molecular flexibility index (Phi) is 5.28. The van der Waals surface area contributed by atoms with Crippen LogP contribution in [0.1, 0.15) is 36.2 Å². The van der Waals surface area contributed by atoms with E-state index in [-0.39, 0.29) is 18.0 Å². The van der Waals surface area contributed by atoms with Crippen molar-refractivity contribution in [2.75, 3.05) is 6.54 Å². The van der Waals surface area contributed by atoms with E-state index in [2.05, 4.69) is 0 Å². The zero-order valence-electron chi connectivity index (χ0n) is 11.3. The highest BCUT2D eigenvalue weighted by Crippen LogP contribution is 2.32. The molecule has 0 aliphatic carbocycles. The van der Waals surface area contributed by atoms with Crippen molar-refractivity contribution in [2.24, 2.45) is 17.6 Å². The largest absolute Gasteiger partial charge is 0.419 e. The number of alkyl halides is 3. The van der Waals surface area contributed by atoms with Crippen LogP contribution in [0.4, 0.5) is 17.6 Å². The molecule has 20 heavy (non-hydrogen) atoms. The number of benzene rings is 1. The number of nitrogens with two attached hydrogens (primary N) is 1. The zero-order valence-corrected chi connectivity index (χ0v) is 11.3. The number of ketones is 1. The summed E-state index contributed by atoms with van der Waals surface area (Å²) in [6.45, 7) is 3.90. The Morgan fingerprint density at radius 2 is 1.90 bits per heavy atom. The molecule has 2 nitrogen and oxygen atoms in total. The number of hydrogen-bond acceptors (Lipinski definition) is 2. The van der Waals surface area contributed by atoms with Gasteiger partial charge in [-0.05, 0) is 24.5 Å². The van der Waals surface area contributed by atoms with Gasteiger partial charge in [-0.1, -0.05) is 19.9 Å². The van der Waals surface area contributed by atoms with Gasteiger partial charge in [-0.2, -0.15) is 13.2 Å². The molecular weight excluding hydrogens is 274 g/mol. The predicted molar refractivity (Wildman–Crippen MR) is 67.7 cm³/mol. The number of Topliss-reactive ketones (excluding diaryl/α,β-unsaturated/α-hetero) is 1. The highest BCUT2D eigenvalue weighted by atomic mass is 19.4. The van der Waals surface area contributed by atoms with Crippen LogP contribution in [-0.2, 0) is 6.18 Å². The Morgan fingerprint density at radius 1 is 1.30 bits per heavy atom. The standard InChI is InChI=1S/C14H17F4NO/c1-8(2)5-10(7-19)13(20)9-3-4-11(12(15)6-9)14(16,17)18/h3-4,6,8,10H,5,7,19H2,1-2H3. The van der Waals surface area contributed by atoms with Crippen LogP contribution >= 0.6 is 0 Å². The van der Waals surface area contributed by atoms with Gasteiger partial charge in [0.1, 0.15) is 5.82 Å². The molecule has 0 aliphatic heterocycles. The lowest BCUT2D eigenvalue weighted by molar-refractivity contribution is -0.140. The fraction of sp³-hybridized carbons (Fsp3) is 0.500. The fourth-order valence-corrected chi connectivity index (χ4v) is 2.01. The third-order valence-electron chi connectivity index (χ3n) is 2.97. The molecule has 0 amide bonds. The molecule has 0 aromatic heterocycles. The van der Waals surface area contributed by atoms with Crippen molar-refractivity contribution < 1.29 is 22.4 Å². The molecule has 1 atom stereocenters. The second-order valence-electron chi connectivity index (χ2n) is 5.12. The Morgan fingerprint density at radius 3 is 2.30 bits per heavy atom. The van der Waals surface area contributed by atoms with Gasteiger partial charge in [0.2, 0.25) is 0 Å². The van der Waals surface area contributed by atoms with Crippen molar-refractivity contribution in [3.8, 4) is 0 Å². The van der Waals surface area contributed by atoms with Gasteiger partial charge in [0.15, 0.2) is 5.78 Å². The third kappa shape index (κ3) is 4.03. The Hall–Kier alpha value is -1.43. The van der Waals surface area contributed by atoms with Gasteiger partial charge < -0.3 is 5.73 Å². The summed E-state index contributed by atoms with van der Waals surface area (Å²) in [6, 6.07) is 2.22. The normalized spacial score (nSPS) is 13.6. The minimum absolute atomic E-state index is 0.0772. The molecule has 0 radical (unpaired) electrons. The fourth-order valence-electron chi connectivity index (χ4n) is 2.01. The molecule has 0 aliphatic rings. The number of rotatable bonds is 5. The molecule has 6 heteroatoms. The maximum atomic E-state index is 13.4. The second kappa shape index (κ2) is 6.35. The first-order valence-electron chi connectivity index (χ1n) is 6.27. The van der Waals surface area contributed by atoms with E-state index < -0.39 is 29.3 Å². The summed E-state index contributed by atoms with van der Waals surface area (Å²) in [4.78, 5) is 12.1. The van der Waals surface area contributed by atoms with E-state index in [0.717, 1.165) is 6.07 Å². The van der Waals surface area contributed by atoms with Crippen molar-refractivity contribution in [1.82, 2.24) is 0 Å². The molecule has 1 aromatic carbocycles. The molecule has 0 heterocycles. The quantitative estimate of drug-likeness (QED) is 0.664. The minimum atomic E-state index is -4.77. The Bertz CT molecular complexity index is 483. The molecular formula is C14H17F4NO. The molecule has 2 N–H and O–H groups in total. The summed E-state index contributed by atoms with van der Waals surface area (Å²) in [7, 11) is 0. The van der Waals surface area contributed by atoms with Crippen molar-refractivity contribution in [1.29, 1.82) is 0 Å². The van der Waals surface area contributed by atoms with E-state index in [1.165, 1.54) is 0 Å². The van der Waals surface area contributed by atoms with E-state index in [4.69, 9.17) is 5.73 Å². The van der Waals surface area contributed by atoms with Crippen LogP contribution in [0.3, 0.4) is 0 Å². The van der Waals surface area contributed by atoms with Crippen molar-refractivity contribution in [3.63, 3.8) is 0 Å². The predicted octanol–water partition coefficient (Wildman–Crippen LogP) is 3.65. The third-order valence-corrected chi connectivity index (χ3v) is 2.97. The molecule has 1 rings (SSSR count). The lowest BCUT2D eigenvalue weighted by atomic mass is 9.89. The number of hydrogen-bond donors (Lipinski definition) is 1. The van der Waals surface area contributed by atoms with Crippen molar-refractivity contribution in [3.05, 3.63) is 35.1 Å². The summed E-state index contributed by atoms with van der Waals surface area (Å²) in [5, 5.41) is 0. The van der Waals surface area contributed by atoms with Crippen LogP contribution < -0.4 is 5.73 Å². The monoisotopic (exact) mass is 291 g/mol. The lowest BCUT2D eigenvalue weighted by Crippen LogP contribution is -2.25. The van der Waals surface area contributed by atoms with Gasteiger partial charge in [0, 0.05) is 18.0 Å². The Balaban J connectivity index is 3.03. The molecule has 1 aromatic rings. The minimum Gasteiger partial charge on any atom is -0.330 e. The van der Waals surface area contributed by atoms with Gasteiger partial charge in [0.25, 0.3) is 0 Å². The summed E-state index contributed by atoms with van der Waals surface area (Å²) in [5.74, 6) is -2.16.